The van der Waals surface area contributed by atoms with Crippen molar-refractivity contribution >= 4 is 17.4 Å². The maximum atomic E-state index is 12.7. The monoisotopic (exact) mass is 468 g/mol. The van der Waals surface area contributed by atoms with E-state index in [4.69, 9.17) is 14.2 Å². The molecule has 0 aliphatic carbocycles. The molecule has 2 aromatic rings. The number of aromatic nitrogens is 1. The van der Waals surface area contributed by atoms with Crippen molar-refractivity contribution < 1.29 is 32.2 Å². The molecule has 1 saturated heterocycles. The molecule has 1 fully saturated rings. The lowest BCUT2D eigenvalue weighted by Crippen LogP contribution is -2.47. The summed E-state index contributed by atoms with van der Waals surface area (Å²) >= 11 is 0. The number of benzene rings is 1. The predicted molar refractivity (Wildman–Crippen MR) is 117 cm³/mol. The maximum Gasteiger partial charge on any atom is 0.417 e. The van der Waals surface area contributed by atoms with Gasteiger partial charge in [-0.1, -0.05) is 0 Å². The summed E-state index contributed by atoms with van der Waals surface area (Å²) in [5.41, 5.74) is -0.226. The van der Waals surface area contributed by atoms with Crippen LogP contribution in [-0.2, 0) is 11.0 Å². The average Bonchev–Trinajstić information content (AvgIpc) is 2.82. The molecule has 1 amide bonds. The van der Waals surface area contributed by atoms with Crippen LogP contribution in [0.2, 0.25) is 0 Å². The Bertz CT molecular complexity index is 921. The minimum atomic E-state index is -4.40. The molecule has 0 unspecified atom stereocenters. The van der Waals surface area contributed by atoms with Crippen LogP contribution >= 0.6 is 0 Å². The van der Waals surface area contributed by atoms with Crippen LogP contribution < -0.4 is 24.4 Å². The number of nitrogens with one attached hydrogen (secondary N) is 1. The number of ether oxygens (including phenoxy) is 3. The van der Waals surface area contributed by atoms with E-state index in [2.05, 4.69) is 15.2 Å². The number of carbonyl (C=O) groups is 1. The molecular formula is C22H27F3N4O4. The molecule has 180 valence electrons. The summed E-state index contributed by atoms with van der Waals surface area (Å²) in [4.78, 5) is 20.5. The van der Waals surface area contributed by atoms with Crippen LogP contribution in [0.3, 0.4) is 0 Å². The van der Waals surface area contributed by atoms with E-state index < -0.39 is 11.7 Å². The quantitative estimate of drug-likeness (QED) is 0.637. The van der Waals surface area contributed by atoms with Gasteiger partial charge < -0.3 is 24.4 Å². The van der Waals surface area contributed by atoms with Gasteiger partial charge >= 0.3 is 6.18 Å². The Hall–Kier alpha value is -3.21. The van der Waals surface area contributed by atoms with Gasteiger partial charge in [-0.25, -0.2) is 4.98 Å². The topological polar surface area (TPSA) is 76.2 Å². The van der Waals surface area contributed by atoms with Gasteiger partial charge in [-0.15, -0.1) is 0 Å². The fraction of sp³-hybridized carbons (Fsp3) is 0.455. The SMILES string of the molecule is COc1cc(NC(=O)CCN2CCN(c3ccc(C(F)(F)F)cn3)CC2)cc(OC)c1OC. The number of anilines is 2. The first-order valence-corrected chi connectivity index (χ1v) is 10.4. The van der Waals surface area contributed by atoms with Crippen LogP contribution in [0.5, 0.6) is 17.2 Å². The van der Waals surface area contributed by atoms with Crippen molar-refractivity contribution in [3.05, 3.63) is 36.0 Å². The van der Waals surface area contributed by atoms with Gasteiger partial charge in [0.25, 0.3) is 0 Å². The highest BCUT2D eigenvalue weighted by atomic mass is 19.4. The second-order valence-electron chi connectivity index (χ2n) is 7.44. The van der Waals surface area contributed by atoms with Crippen LogP contribution in [0.4, 0.5) is 24.7 Å². The third kappa shape index (κ3) is 6.19. The Kier molecular flexibility index (Phi) is 7.85. The second-order valence-corrected chi connectivity index (χ2v) is 7.44. The zero-order valence-electron chi connectivity index (χ0n) is 18.7. The highest BCUT2D eigenvalue weighted by molar-refractivity contribution is 5.91. The third-order valence-corrected chi connectivity index (χ3v) is 5.38. The predicted octanol–water partition coefficient (Wildman–Crippen LogP) is 3.28. The molecule has 11 heteroatoms. The number of alkyl halides is 3. The fourth-order valence-electron chi connectivity index (χ4n) is 3.58. The molecule has 0 radical (unpaired) electrons. The number of piperazine rings is 1. The van der Waals surface area contributed by atoms with Crippen molar-refractivity contribution in [2.75, 3.05) is 64.3 Å². The van der Waals surface area contributed by atoms with Gasteiger partial charge in [-0.05, 0) is 12.1 Å². The summed E-state index contributed by atoms with van der Waals surface area (Å²) < 4.78 is 54.0. The molecule has 1 aliphatic rings. The number of amides is 1. The van der Waals surface area contributed by atoms with Crippen molar-refractivity contribution in [1.82, 2.24) is 9.88 Å². The summed E-state index contributed by atoms with van der Waals surface area (Å²) in [6, 6.07) is 5.76. The molecule has 1 aromatic heterocycles. The Balaban J connectivity index is 1.48. The molecule has 2 heterocycles. The van der Waals surface area contributed by atoms with E-state index in [1.165, 1.54) is 27.4 Å². The Morgan fingerprint density at radius 1 is 1.03 bits per heavy atom. The first kappa shape index (κ1) is 24.4. The maximum absolute atomic E-state index is 12.7. The number of carbonyl (C=O) groups excluding carboxylic acids is 1. The van der Waals surface area contributed by atoms with Crippen LogP contribution in [0, 0.1) is 0 Å². The first-order chi connectivity index (χ1) is 15.7. The van der Waals surface area contributed by atoms with Gasteiger partial charge in [0.15, 0.2) is 11.5 Å². The Morgan fingerprint density at radius 3 is 2.15 bits per heavy atom. The summed E-state index contributed by atoms with van der Waals surface area (Å²) in [5.74, 6) is 1.69. The van der Waals surface area contributed by atoms with E-state index in [0.717, 1.165) is 12.3 Å². The van der Waals surface area contributed by atoms with Gasteiger partial charge in [0, 0.05) is 63.2 Å². The smallest absolute Gasteiger partial charge is 0.417 e. The van der Waals surface area contributed by atoms with E-state index in [1.54, 1.807) is 12.1 Å². The first-order valence-electron chi connectivity index (χ1n) is 10.4. The molecule has 1 aromatic carbocycles. The van der Waals surface area contributed by atoms with E-state index >= 15 is 0 Å². The minimum Gasteiger partial charge on any atom is -0.493 e. The van der Waals surface area contributed by atoms with Crippen LogP contribution in [0.1, 0.15) is 12.0 Å². The van der Waals surface area contributed by atoms with E-state index in [9.17, 15) is 18.0 Å². The molecule has 0 saturated carbocycles. The number of methoxy groups -OCH3 is 3. The molecule has 3 rings (SSSR count). The third-order valence-electron chi connectivity index (χ3n) is 5.38. The lowest BCUT2D eigenvalue weighted by Gasteiger charge is -2.35. The summed E-state index contributed by atoms with van der Waals surface area (Å²) in [5, 5.41) is 2.84. The molecule has 1 N–H and O–H groups in total. The lowest BCUT2D eigenvalue weighted by atomic mass is 10.2. The molecule has 1 aliphatic heterocycles. The zero-order valence-corrected chi connectivity index (χ0v) is 18.7. The largest absolute Gasteiger partial charge is 0.493 e. The van der Waals surface area contributed by atoms with Crippen molar-refractivity contribution in [2.24, 2.45) is 0 Å². The Morgan fingerprint density at radius 2 is 1.67 bits per heavy atom. The molecule has 0 bridgehead atoms. The van der Waals surface area contributed by atoms with E-state index in [0.29, 0.717) is 61.5 Å². The zero-order chi connectivity index (χ0) is 24.0. The van der Waals surface area contributed by atoms with Crippen LogP contribution in [0.15, 0.2) is 30.5 Å². The number of hydrogen-bond acceptors (Lipinski definition) is 7. The van der Waals surface area contributed by atoms with E-state index in [1.807, 2.05) is 4.90 Å². The number of pyridine rings is 1. The molecule has 0 atom stereocenters. The molecule has 0 spiro atoms. The van der Waals surface area contributed by atoms with Gasteiger partial charge in [0.1, 0.15) is 5.82 Å². The van der Waals surface area contributed by atoms with Gasteiger partial charge in [0.05, 0.1) is 26.9 Å². The lowest BCUT2D eigenvalue weighted by molar-refractivity contribution is -0.137. The van der Waals surface area contributed by atoms with Crippen molar-refractivity contribution in [3.8, 4) is 17.2 Å². The summed E-state index contributed by atoms with van der Waals surface area (Å²) in [7, 11) is 4.51. The number of halogens is 3. The van der Waals surface area contributed by atoms with Crippen molar-refractivity contribution in [1.29, 1.82) is 0 Å². The highest BCUT2D eigenvalue weighted by Crippen LogP contribution is 2.40. The fourth-order valence-corrected chi connectivity index (χ4v) is 3.58. The standard InChI is InChI=1S/C22H27F3N4O4/c1-31-17-12-16(13-18(32-2)21(17)33-3)27-20(30)6-7-28-8-10-29(11-9-28)19-5-4-15(14-26-19)22(23,24)25/h4-5,12-14H,6-11H2,1-3H3,(H,27,30). The molecular weight excluding hydrogens is 441 g/mol. The molecule has 8 nitrogen and oxygen atoms in total. The van der Waals surface area contributed by atoms with Crippen LogP contribution in [0.25, 0.3) is 0 Å². The normalized spacial score (nSPS) is 14.7. The number of hydrogen-bond donors (Lipinski definition) is 1. The van der Waals surface area contributed by atoms with Crippen molar-refractivity contribution in [2.45, 2.75) is 12.6 Å². The van der Waals surface area contributed by atoms with Crippen LogP contribution in [-0.4, -0.2) is 69.8 Å². The minimum absolute atomic E-state index is 0.156. The van der Waals surface area contributed by atoms with E-state index in [-0.39, 0.29) is 12.3 Å². The number of nitrogens with zero attached hydrogens (tertiary/aromatic N) is 3. The second kappa shape index (κ2) is 10.6. The molecule has 33 heavy (non-hydrogen) atoms. The Labute approximate surface area is 190 Å². The summed E-state index contributed by atoms with van der Waals surface area (Å²) in [6.07, 6.45) is -3.25. The van der Waals surface area contributed by atoms with Gasteiger partial charge in [-0.3, -0.25) is 9.69 Å². The highest BCUT2D eigenvalue weighted by Gasteiger charge is 2.31. The number of rotatable bonds is 8. The van der Waals surface area contributed by atoms with Gasteiger partial charge in [0.2, 0.25) is 11.7 Å². The van der Waals surface area contributed by atoms with Gasteiger partial charge in [-0.2, -0.15) is 13.2 Å². The summed E-state index contributed by atoms with van der Waals surface area (Å²) in [6.45, 7) is 3.16. The van der Waals surface area contributed by atoms with Crippen molar-refractivity contribution in [3.63, 3.8) is 0 Å². The average molecular weight is 468 g/mol.